The molecule has 1 fully saturated rings. The van der Waals surface area contributed by atoms with Crippen LogP contribution in [0, 0.1) is 5.92 Å². The number of fused-ring (bicyclic) bond motifs is 1. The lowest BCUT2D eigenvalue weighted by atomic mass is 10.1. The molecule has 0 radical (unpaired) electrons. The van der Waals surface area contributed by atoms with Crippen molar-refractivity contribution >= 4 is 22.7 Å². The van der Waals surface area contributed by atoms with Crippen molar-refractivity contribution in [3.63, 3.8) is 0 Å². The summed E-state index contributed by atoms with van der Waals surface area (Å²) < 4.78 is 1.69. The molecule has 0 saturated carbocycles. The molecule has 7 heteroatoms. The molecule has 1 aromatic carbocycles. The maximum atomic E-state index is 12.7. The number of benzene rings is 1. The van der Waals surface area contributed by atoms with Crippen LogP contribution in [-0.2, 0) is 17.8 Å². The summed E-state index contributed by atoms with van der Waals surface area (Å²) in [6.07, 6.45) is 5.12. The number of likely N-dealkylation sites (tertiary alicyclic amines) is 1. The van der Waals surface area contributed by atoms with Crippen LogP contribution in [0.1, 0.15) is 29.4 Å². The average molecular weight is 379 g/mol. The quantitative estimate of drug-likeness (QED) is 0.689. The van der Waals surface area contributed by atoms with Crippen molar-refractivity contribution in [1.82, 2.24) is 25.0 Å². The van der Waals surface area contributed by atoms with Crippen LogP contribution in [0.3, 0.4) is 0 Å². The van der Waals surface area contributed by atoms with Gasteiger partial charge < -0.3 is 15.2 Å². The van der Waals surface area contributed by atoms with E-state index in [1.54, 1.807) is 21.8 Å². The summed E-state index contributed by atoms with van der Waals surface area (Å²) in [6.45, 7) is 4.27. The third kappa shape index (κ3) is 3.52. The van der Waals surface area contributed by atoms with Crippen LogP contribution in [0.4, 0.5) is 0 Å². The van der Waals surface area contributed by atoms with Gasteiger partial charge in [0, 0.05) is 49.5 Å². The summed E-state index contributed by atoms with van der Waals surface area (Å²) in [6, 6.07) is 9.90. The Kier molecular flexibility index (Phi) is 5.14. The molecule has 7 nitrogen and oxygen atoms in total. The summed E-state index contributed by atoms with van der Waals surface area (Å²) in [7, 11) is 0. The van der Waals surface area contributed by atoms with Crippen LogP contribution in [0.15, 0.2) is 42.7 Å². The van der Waals surface area contributed by atoms with Gasteiger partial charge in [0.2, 0.25) is 5.91 Å². The molecule has 1 aliphatic rings. The standard InChI is InChI=1S/C21H25N5O2/c1-2-26-19(8-11-24-26)21(28)25-12-9-16(14-25)20(27)22-10-7-15-13-23-18-6-4-3-5-17(15)18/h3-6,8,11,13,16,23H,2,7,9-10,12,14H2,1H3,(H,22,27)/t16-/m0/s1. The molecule has 2 N–H and O–H groups in total. The normalized spacial score (nSPS) is 16.6. The first-order chi connectivity index (χ1) is 13.7. The average Bonchev–Trinajstić information content (AvgIpc) is 3.46. The van der Waals surface area contributed by atoms with Crippen molar-refractivity contribution in [2.75, 3.05) is 19.6 Å². The second-order valence-corrected chi connectivity index (χ2v) is 7.17. The number of aromatic amines is 1. The lowest BCUT2D eigenvalue weighted by Crippen LogP contribution is -2.36. The van der Waals surface area contributed by atoms with E-state index in [0.717, 1.165) is 11.9 Å². The van der Waals surface area contributed by atoms with Crippen LogP contribution < -0.4 is 5.32 Å². The zero-order valence-electron chi connectivity index (χ0n) is 16.0. The van der Waals surface area contributed by atoms with Gasteiger partial charge in [0.15, 0.2) is 0 Å². The molecule has 0 unspecified atom stereocenters. The molecule has 0 spiro atoms. The van der Waals surface area contributed by atoms with Crippen molar-refractivity contribution in [2.24, 2.45) is 5.92 Å². The van der Waals surface area contributed by atoms with Crippen LogP contribution in [-0.4, -0.2) is 51.1 Å². The number of carbonyl (C=O) groups excluding carboxylic acids is 2. The molecule has 3 aromatic rings. The summed E-state index contributed by atoms with van der Waals surface area (Å²) in [5, 5.41) is 8.39. The molecule has 28 heavy (non-hydrogen) atoms. The summed E-state index contributed by atoms with van der Waals surface area (Å²) in [4.78, 5) is 30.2. The number of H-pyrrole nitrogens is 1. The fraction of sp³-hybridized carbons (Fsp3) is 0.381. The molecule has 4 rings (SSSR count). The highest BCUT2D eigenvalue weighted by molar-refractivity contribution is 5.93. The number of aryl methyl sites for hydroxylation is 1. The molecule has 1 aliphatic heterocycles. The van der Waals surface area contributed by atoms with E-state index in [1.165, 1.54) is 10.9 Å². The van der Waals surface area contributed by atoms with Gasteiger partial charge in [-0.05, 0) is 37.5 Å². The second-order valence-electron chi connectivity index (χ2n) is 7.17. The van der Waals surface area contributed by atoms with E-state index in [1.807, 2.05) is 31.3 Å². The first-order valence-corrected chi connectivity index (χ1v) is 9.81. The van der Waals surface area contributed by atoms with Gasteiger partial charge >= 0.3 is 0 Å². The van der Waals surface area contributed by atoms with Crippen molar-refractivity contribution in [3.05, 3.63) is 54.0 Å². The molecule has 1 atom stereocenters. The number of hydrogen-bond donors (Lipinski definition) is 2. The highest BCUT2D eigenvalue weighted by Gasteiger charge is 2.32. The Morgan fingerprint density at radius 1 is 1.29 bits per heavy atom. The summed E-state index contributed by atoms with van der Waals surface area (Å²) in [5.41, 5.74) is 2.90. The Labute approximate surface area is 163 Å². The van der Waals surface area contributed by atoms with E-state index in [-0.39, 0.29) is 17.7 Å². The zero-order valence-corrected chi connectivity index (χ0v) is 16.0. The number of nitrogens with zero attached hydrogens (tertiary/aromatic N) is 3. The first-order valence-electron chi connectivity index (χ1n) is 9.81. The minimum atomic E-state index is -0.148. The topological polar surface area (TPSA) is 83.0 Å². The van der Waals surface area contributed by atoms with E-state index in [9.17, 15) is 9.59 Å². The maximum Gasteiger partial charge on any atom is 0.272 e. The summed E-state index contributed by atoms with van der Waals surface area (Å²) in [5.74, 6) is -0.169. The molecule has 3 heterocycles. The van der Waals surface area contributed by atoms with Crippen LogP contribution in [0.5, 0.6) is 0 Å². The highest BCUT2D eigenvalue weighted by Crippen LogP contribution is 2.20. The number of rotatable bonds is 6. The van der Waals surface area contributed by atoms with Gasteiger partial charge in [-0.15, -0.1) is 0 Å². The van der Waals surface area contributed by atoms with Crippen molar-refractivity contribution in [3.8, 4) is 0 Å². The van der Waals surface area contributed by atoms with Gasteiger partial charge in [0.25, 0.3) is 5.91 Å². The van der Waals surface area contributed by atoms with Gasteiger partial charge in [-0.1, -0.05) is 18.2 Å². The smallest absolute Gasteiger partial charge is 0.272 e. The lowest BCUT2D eigenvalue weighted by molar-refractivity contribution is -0.124. The number of hydrogen-bond acceptors (Lipinski definition) is 3. The van der Waals surface area contributed by atoms with Crippen molar-refractivity contribution in [2.45, 2.75) is 26.3 Å². The molecule has 2 amide bonds. The van der Waals surface area contributed by atoms with E-state index >= 15 is 0 Å². The van der Waals surface area contributed by atoms with Crippen LogP contribution in [0.25, 0.3) is 10.9 Å². The molecular formula is C21H25N5O2. The summed E-state index contributed by atoms with van der Waals surface area (Å²) >= 11 is 0. The van der Waals surface area contributed by atoms with Crippen LogP contribution in [0.2, 0.25) is 0 Å². The molecule has 0 aliphatic carbocycles. The third-order valence-electron chi connectivity index (χ3n) is 5.45. The Morgan fingerprint density at radius 2 is 2.14 bits per heavy atom. The minimum Gasteiger partial charge on any atom is -0.361 e. The fourth-order valence-corrected chi connectivity index (χ4v) is 3.89. The third-order valence-corrected chi connectivity index (χ3v) is 5.45. The van der Waals surface area contributed by atoms with Crippen molar-refractivity contribution < 1.29 is 9.59 Å². The number of amides is 2. The van der Waals surface area contributed by atoms with E-state index in [2.05, 4.69) is 21.5 Å². The van der Waals surface area contributed by atoms with Gasteiger partial charge in [0.05, 0.1) is 5.92 Å². The Balaban J connectivity index is 1.29. The van der Waals surface area contributed by atoms with Crippen molar-refractivity contribution in [1.29, 1.82) is 0 Å². The fourth-order valence-electron chi connectivity index (χ4n) is 3.89. The SMILES string of the molecule is CCn1nccc1C(=O)N1CC[C@H](C(=O)NCCc2c[nH]c3ccccc23)C1. The van der Waals surface area contributed by atoms with E-state index in [0.29, 0.717) is 38.3 Å². The monoisotopic (exact) mass is 379 g/mol. The second kappa shape index (κ2) is 7.88. The van der Waals surface area contributed by atoms with Gasteiger partial charge in [-0.3, -0.25) is 14.3 Å². The Bertz CT molecular complexity index is 990. The molecule has 0 bridgehead atoms. The number of carbonyl (C=O) groups is 2. The Morgan fingerprint density at radius 3 is 3.00 bits per heavy atom. The first kappa shape index (κ1) is 18.3. The highest BCUT2D eigenvalue weighted by atomic mass is 16.2. The zero-order chi connectivity index (χ0) is 19.5. The number of nitrogens with one attached hydrogen (secondary N) is 2. The minimum absolute atomic E-state index is 0.0270. The van der Waals surface area contributed by atoms with E-state index in [4.69, 9.17) is 0 Å². The largest absolute Gasteiger partial charge is 0.361 e. The maximum absolute atomic E-state index is 12.7. The van der Waals surface area contributed by atoms with Gasteiger partial charge in [-0.25, -0.2) is 0 Å². The number of aromatic nitrogens is 3. The van der Waals surface area contributed by atoms with Gasteiger partial charge in [-0.2, -0.15) is 5.10 Å². The lowest BCUT2D eigenvalue weighted by Gasteiger charge is -2.17. The predicted molar refractivity (Wildman–Crippen MR) is 107 cm³/mol. The molecule has 146 valence electrons. The van der Waals surface area contributed by atoms with E-state index < -0.39 is 0 Å². The molecular weight excluding hydrogens is 354 g/mol. The predicted octanol–water partition coefficient (Wildman–Crippen LogP) is 2.21. The van der Waals surface area contributed by atoms with Crippen LogP contribution >= 0.6 is 0 Å². The molecule has 1 saturated heterocycles. The number of para-hydroxylation sites is 1. The Hall–Kier alpha value is -3.09. The molecule has 2 aromatic heterocycles. The van der Waals surface area contributed by atoms with Gasteiger partial charge in [0.1, 0.15) is 5.69 Å².